The molecule has 0 amide bonds. The standard InChI is InChI=1S/C11H18O2/c1-4-5-6-7-11(10(3)13)8-9(2)12/h7H,4-6,8H2,1-3H3/b11-7-. The molecule has 0 spiro atoms. The third kappa shape index (κ3) is 6.26. The summed E-state index contributed by atoms with van der Waals surface area (Å²) < 4.78 is 0. The van der Waals surface area contributed by atoms with E-state index < -0.39 is 0 Å². The molecule has 0 radical (unpaired) electrons. The van der Waals surface area contributed by atoms with E-state index in [0.717, 1.165) is 19.3 Å². The van der Waals surface area contributed by atoms with Gasteiger partial charge in [0.2, 0.25) is 0 Å². The molecule has 0 aliphatic heterocycles. The third-order valence-electron chi connectivity index (χ3n) is 1.84. The first-order valence-electron chi connectivity index (χ1n) is 4.77. The summed E-state index contributed by atoms with van der Waals surface area (Å²) in [7, 11) is 0. The molecule has 0 aromatic rings. The molecule has 0 bridgehead atoms. The number of Topliss-reactive ketones (excluding diaryl/α,β-unsaturated/α-hetero) is 2. The lowest BCUT2D eigenvalue weighted by atomic mass is 10.0. The molecule has 74 valence electrons. The van der Waals surface area contributed by atoms with Crippen molar-refractivity contribution in [2.45, 2.75) is 46.5 Å². The Kier molecular flexibility index (Phi) is 6.11. The molecule has 13 heavy (non-hydrogen) atoms. The summed E-state index contributed by atoms with van der Waals surface area (Å²) in [5, 5.41) is 0. The Morgan fingerprint density at radius 3 is 2.23 bits per heavy atom. The van der Waals surface area contributed by atoms with Gasteiger partial charge in [-0.1, -0.05) is 25.8 Å². The van der Waals surface area contributed by atoms with Gasteiger partial charge in [0.05, 0.1) is 0 Å². The Labute approximate surface area is 80.0 Å². The van der Waals surface area contributed by atoms with Crippen molar-refractivity contribution < 1.29 is 9.59 Å². The predicted octanol–water partition coefficient (Wildman–Crippen LogP) is 2.67. The first kappa shape index (κ1) is 12.1. The molecule has 0 aromatic carbocycles. The van der Waals surface area contributed by atoms with E-state index in [-0.39, 0.29) is 11.6 Å². The Bertz CT molecular complexity index is 214. The second-order valence-electron chi connectivity index (χ2n) is 3.31. The van der Waals surface area contributed by atoms with Crippen molar-refractivity contribution in [2.24, 2.45) is 0 Å². The Morgan fingerprint density at radius 2 is 1.85 bits per heavy atom. The minimum absolute atomic E-state index is 0.0197. The smallest absolute Gasteiger partial charge is 0.155 e. The van der Waals surface area contributed by atoms with E-state index in [1.54, 1.807) is 0 Å². The van der Waals surface area contributed by atoms with Gasteiger partial charge in [0.25, 0.3) is 0 Å². The van der Waals surface area contributed by atoms with Crippen LogP contribution in [0.1, 0.15) is 46.5 Å². The summed E-state index contributed by atoms with van der Waals surface area (Å²) in [6, 6.07) is 0. The van der Waals surface area contributed by atoms with Crippen LogP contribution in [0.4, 0.5) is 0 Å². The highest BCUT2D eigenvalue weighted by molar-refractivity contribution is 5.98. The molecule has 0 saturated heterocycles. The lowest BCUT2D eigenvalue weighted by Crippen LogP contribution is -2.02. The highest BCUT2D eigenvalue weighted by Gasteiger charge is 2.05. The fraction of sp³-hybridized carbons (Fsp3) is 0.636. The lowest BCUT2D eigenvalue weighted by Gasteiger charge is -1.99. The predicted molar refractivity (Wildman–Crippen MR) is 53.6 cm³/mol. The maximum absolute atomic E-state index is 11.1. The van der Waals surface area contributed by atoms with Crippen LogP contribution in [0.15, 0.2) is 11.6 Å². The van der Waals surface area contributed by atoms with Gasteiger partial charge in [0.15, 0.2) is 5.78 Å². The summed E-state index contributed by atoms with van der Waals surface area (Å²) >= 11 is 0. The second kappa shape index (κ2) is 6.58. The first-order valence-corrected chi connectivity index (χ1v) is 4.77. The van der Waals surface area contributed by atoms with Crippen LogP contribution in [0.3, 0.4) is 0 Å². The number of hydrogen-bond donors (Lipinski definition) is 0. The van der Waals surface area contributed by atoms with Crippen LogP contribution in [0.2, 0.25) is 0 Å². The van der Waals surface area contributed by atoms with E-state index in [2.05, 4.69) is 6.92 Å². The zero-order chi connectivity index (χ0) is 10.3. The number of rotatable bonds is 6. The van der Waals surface area contributed by atoms with Crippen LogP contribution in [-0.2, 0) is 9.59 Å². The van der Waals surface area contributed by atoms with Crippen molar-refractivity contribution in [1.82, 2.24) is 0 Å². The molecule has 2 heteroatoms. The molecule has 2 nitrogen and oxygen atoms in total. The molecule has 0 heterocycles. The molecular formula is C11H18O2. The van der Waals surface area contributed by atoms with E-state index >= 15 is 0 Å². The number of hydrogen-bond acceptors (Lipinski definition) is 2. The van der Waals surface area contributed by atoms with E-state index in [1.807, 2.05) is 6.08 Å². The van der Waals surface area contributed by atoms with Crippen molar-refractivity contribution in [3.05, 3.63) is 11.6 Å². The number of carbonyl (C=O) groups is 2. The Hall–Kier alpha value is -0.920. The van der Waals surface area contributed by atoms with Gasteiger partial charge in [-0.15, -0.1) is 0 Å². The summed E-state index contributed by atoms with van der Waals surface area (Å²) in [6.07, 6.45) is 5.28. The summed E-state index contributed by atoms with van der Waals surface area (Å²) in [5.74, 6) is 0.0734. The number of allylic oxidation sites excluding steroid dienone is 2. The van der Waals surface area contributed by atoms with Crippen LogP contribution < -0.4 is 0 Å². The van der Waals surface area contributed by atoms with Crippen LogP contribution in [0.25, 0.3) is 0 Å². The molecular weight excluding hydrogens is 164 g/mol. The molecule has 0 N–H and O–H groups in total. The van der Waals surface area contributed by atoms with Crippen molar-refractivity contribution in [3.63, 3.8) is 0 Å². The third-order valence-corrected chi connectivity index (χ3v) is 1.84. The zero-order valence-corrected chi connectivity index (χ0v) is 8.72. The number of ketones is 2. The van der Waals surface area contributed by atoms with Crippen molar-refractivity contribution in [3.8, 4) is 0 Å². The lowest BCUT2D eigenvalue weighted by molar-refractivity contribution is -0.119. The van der Waals surface area contributed by atoms with Crippen LogP contribution >= 0.6 is 0 Å². The maximum Gasteiger partial charge on any atom is 0.155 e. The minimum atomic E-state index is 0.0197. The quantitative estimate of drug-likeness (QED) is 0.467. The zero-order valence-electron chi connectivity index (χ0n) is 8.72. The fourth-order valence-corrected chi connectivity index (χ4v) is 1.09. The largest absolute Gasteiger partial charge is 0.300 e. The summed E-state index contributed by atoms with van der Waals surface area (Å²) in [6.45, 7) is 5.13. The van der Waals surface area contributed by atoms with E-state index in [1.165, 1.54) is 13.8 Å². The summed E-state index contributed by atoms with van der Waals surface area (Å²) in [4.78, 5) is 21.9. The van der Waals surface area contributed by atoms with Gasteiger partial charge >= 0.3 is 0 Å². The highest BCUT2D eigenvalue weighted by atomic mass is 16.1. The van der Waals surface area contributed by atoms with Gasteiger partial charge in [-0.2, -0.15) is 0 Å². The number of unbranched alkanes of at least 4 members (excludes halogenated alkanes) is 2. The molecule has 0 atom stereocenters. The van der Waals surface area contributed by atoms with Crippen LogP contribution in [0, 0.1) is 0 Å². The molecule has 0 aliphatic carbocycles. The van der Waals surface area contributed by atoms with Crippen molar-refractivity contribution in [1.29, 1.82) is 0 Å². The second-order valence-corrected chi connectivity index (χ2v) is 3.31. The van der Waals surface area contributed by atoms with Crippen LogP contribution in [0.5, 0.6) is 0 Å². The van der Waals surface area contributed by atoms with Crippen LogP contribution in [-0.4, -0.2) is 11.6 Å². The molecule has 0 rings (SSSR count). The molecule has 0 unspecified atom stereocenters. The number of carbonyl (C=O) groups excluding carboxylic acids is 2. The van der Waals surface area contributed by atoms with Gasteiger partial charge in [-0.3, -0.25) is 9.59 Å². The van der Waals surface area contributed by atoms with Crippen molar-refractivity contribution >= 4 is 11.6 Å². The molecule has 0 aromatic heterocycles. The summed E-state index contributed by atoms with van der Waals surface area (Å²) in [5.41, 5.74) is 0.668. The van der Waals surface area contributed by atoms with E-state index in [4.69, 9.17) is 0 Å². The Balaban J connectivity index is 4.15. The first-order chi connectivity index (χ1) is 6.07. The molecule has 0 fully saturated rings. The molecule has 0 aliphatic rings. The van der Waals surface area contributed by atoms with Gasteiger partial charge in [0, 0.05) is 6.42 Å². The van der Waals surface area contributed by atoms with Crippen molar-refractivity contribution in [2.75, 3.05) is 0 Å². The fourth-order valence-electron chi connectivity index (χ4n) is 1.09. The average molecular weight is 182 g/mol. The van der Waals surface area contributed by atoms with Gasteiger partial charge in [-0.05, 0) is 25.8 Å². The van der Waals surface area contributed by atoms with Gasteiger partial charge < -0.3 is 0 Å². The topological polar surface area (TPSA) is 34.1 Å². The average Bonchev–Trinajstić information content (AvgIpc) is 2.02. The monoisotopic (exact) mass is 182 g/mol. The minimum Gasteiger partial charge on any atom is -0.300 e. The Morgan fingerprint density at radius 1 is 1.23 bits per heavy atom. The van der Waals surface area contributed by atoms with E-state index in [0.29, 0.717) is 12.0 Å². The van der Waals surface area contributed by atoms with Gasteiger partial charge in [-0.25, -0.2) is 0 Å². The SMILES string of the molecule is CCCC/C=C(/CC(C)=O)C(C)=O. The molecule has 0 saturated carbocycles. The highest BCUT2D eigenvalue weighted by Crippen LogP contribution is 2.07. The normalized spacial score (nSPS) is 11.5. The maximum atomic E-state index is 11.1. The van der Waals surface area contributed by atoms with Gasteiger partial charge in [0.1, 0.15) is 5.78 Å². The van der Waals surface area contributed by atoms with E-state index in [9.17, 15) is 9.59 Å².